The Morgan fingerprint density at radius 3 is 2.58 bits per heavy atom. The number of allylic oxidation sites excluding steroid dienone is 2. The van der Waals surface area contributed by atoms with Gasteiger partial charge in [0.1, 0.15) is 11.1 Å². The zero-order valence-corrected chi connectivity index (χ0v) is 26.0. The van der Waals surface area contributed by atoms with E-state index in [9.17, 15) is 19.5 Å². The van der Waals surface area contributed by atoms with Crippen molar-refractivity contribution >= 4 is 23.1 Å². The number of aliphatic hydroxyl groups is 1. The molecule has 1 aromatic carbocycles. The monoisotopic (exact) mass is 607 g/mol. The number of carbonyl (C=O) groups excluding carboxylic acids is 1. The fraction of sp³-hybridized carbons (Fsp3) is 0.375. The van der Waals surface area contributed by atoms with Gasteiger partial charge in [-0.15, -0.1) is 0 Å². The normalized spacial score (nSPS) is 18.3. The Hall–Kier alpha value is -3.99. The first-order valence-corrected chi connectivity index (χ1v) is 14.4. The minimum absolute atomic E-state index is 0.182. The highest BCUT2D eigenvalue weighted by Crippen LogP contribution is 2.44. The van der Waals surface area contributed by atoms with Gasteiger partial charge >= 0.3 is 5.69 Å². The number of benzene rings is 1. The predicted octanol–water partition coefficient (Wildman–Crippen LogP) is 3.31. The number of nitrogens with zero attached hydrogens (tertiary/aromatic N) is 3. The fourth-order valence-corrected chi connectivity index (χ4v) is 5.47. The third-order valence-electron chi connectivity index (χ3n) is 7.77. The summed E-state index contributed by atoms with van der Waals surface area (Å²) in [6, 6.07) is 11.2. The zero-order chi connectivity index (χ0) is 31.5. The maximum Gasteiger partial charge on any atom is 0.330 e. The Bertz CT molecular complexity index is 1700. The molecule has 0 spiro atoms. The van der Waals surface area contributed by atoms with Gasteiger partial charge in [-0.05, 0) is 50.1 Å². The van der Waals surface area contributed by atoms with Crippen LogP contribution in [0.2, 0.25) is 5.02 Å². The Morgan fingerprint density at radius 1 is 1.19 bits per heavy atom. The SMILES string of the molecule is COc1nc(C2(NC(=O)c3cn(C)c(=O)n(C)c3=O)C=CC=C(c3ccccc3Cl)C2C)ccc1CNCCC(C)(C)O. The Balaban J connectivity index is 1.79. The van der Waals surface area contributed by atoms with E-state index in [1.165, 1.54) is 32.0 Å². The van der Waals surface area contributed by atoms with Crippen LogP contribution in [0.4, 0.5) is 0 Å². The van der Waals surface area contributed by atoms with Gasteiger partial charge in [-0.3, -0.25) is 14.2 Å². The van der Waals surface area contributed by atoms with Crippen LogP contribution in [-0.2, 0) is 26.2 Å². The van der Waals surface area contributed by atoms with E-state index in [-0.39, 0.29) is 5.56 Å². The van der Waals surface area contributed by atoms with Gasteiger partial charge in [-0.2, -0.15) is 0 Å². The summed E-state index contributed by atoms with van der Waals surface area (Å²) in [7, 11) is 4.34. The molecule has 10 nitrogen and oxygen atoms in total. The molecule has 2 atom stereocenters. The van der Waals surface area contributed by atoms with E-state index in [1.807, 2.05) is 55.5 Å². The topological polar surface area (TPSA) is 127 Å². The molecule has 2 aromatic heterocycles. The van der Waals surface area contributed by atoms with E-state index in [2.05, 4.69) is 10.6 Å². The molecule has 1 amide bonds. The lowest BCUT2D eigenvalue weighted by Gasteiger charge is -2.40. The van der Waals surface area contributed by atoms with Gasteiger partial charge < -0.3 is 25.0 Å². The quantitative estimate of drug-likeness (QED) is 0.302. The van der Waals surface area contributed by atoms with Crippen LogP contribution in [0.15, 0.2) is 70.4 Å². The van der Waals surface area contributed by atoms with Gasteiger partial charge in [0.25, 0.3) is 11.5 Å². The number of pyridine rings is 1. The molecular formula is C32H38ClN5O5. The largest absolute Gasteiger partial charge is 0.481 e. The van der Waals surface area contributed by atoms with Gasteiger partial charge in [-0.25, -0.2) is 9.78 Å². The van der Waals surface area contributed by atoms with Crippen molar-refractivity contribution in [3.05, 3.63) is 109 Å². The van der Waals surface area contributed by atoms with Gasteiger partial charge in [0, 0.05) is 43.3 Å². The van der Waals surface area contributed by atoms with Gasteiger partial charge in [0.2, 0.25) is 5.88 Å². The second kappa shape index (κ2) is 12.7. The third kappa shape index (κ3) is 6.66. The highest BCUT2D eigenvalue weighted by molar-refractivity contribution is 6.32. The lowest BCUT2D eigenvalue weighted by atomic mass is 9.72. The molecule has 3 N–H and O–H groups in total. The second-order valence-electron chi connectivity index (χ2n) is 11.4. The number of methoxy groups -OCH3 is 1. The number of aryl methyl sites for hydroxylation is 1. The number of ether oxygens (including phenoxy) is 1. The minimum atomic E-state index is -1.22. The molecule has 11 heteroatoms. The average Bonchev–Trinajstić information content (AvgIpc) is 2.97. The van der Waals surface area contributed by atoms with E-state index in [0.717, 1.165) is 21.3 Å². The molecule has 43 heavy (non-hydrogen) atoms. The summed E-state index contributed by atoms with van der Waals surface area (Å²) in [6.45, 7) is 6.52. The van der Waals surface area contributed by atoms with Crippen LogP contribution in [-0.4, -0.2) is 44.4 Å². The first-order chi connectivity index (χ1) is 20.3. The molecule has 3 aromatic rings. The zero-order valence-electron chi connectivity index (χ0n) is 25.3. The van der Waals surface area contributed by atoms with Crippen molar-refractivity contribution in [1.82, 2.24) is 24.8 Å². The Morgan fingerprint density at radius 2 is 1.91 bits per heavy atom. The number of hydrogen-bond donors (Lipinski definition) is 3. The van der Waals surface area contributed by atoms with Crippen molar-refractivity contribution in [2.75, 3.05) is 13.7 Å². The number of carbonyl (C=O) groups is 1. The summed E-state index contributed by atoms with van der Waals surface area (Å²) in [6.07, 6.45) is 7.43. The molecule has 4 rings (SSSR count). The van der Waals surface area contributed by atoms with Crippen LogP contribution in [0.25, 0.3) is 5.57 Å². The standard InChI is InChI=1S/C32H38ClN5O5/c1-20-22(23-10-7-8-12-25(23)33)11-9-15-32(20,36-27(39)24-19-37(4)30(41)38(5)29(24)40)26-14-13-21(28(35-26)43-6)18-34-17-16-31(2,3)42/h7-15,19-20,34,42H,16-18H2,1-6H3,(H,36,39). The summed E-state index contributed by atoms with van der Waals surface area (Å²) in [5.74, 6) is -0.689. The number of rotatable bonds is 10. The molecule has 1 aliphatic carbocycles. The van der Waals surface area contributed by atoms with Crippen LogP contribution < -0.4 is 26.6 Å². The van der Waals surface area contributed by atoms with E-state index >= 15 is 0 Å². The van der Waals surface area contributed by atoms with Crippen LogP contribution in [0.1, 0.15) is 54.4 Å². The molecule has 228 valence electrons. The van der Waals surface area contributed by atoms with Crippen molar-refractivity contribution in [3.63, 3.8) is 0 Å². The lowest BCUT2D eigenvalue weighted by Crippen LogP contribution is -2.52. The molecule has 2 unspecified atom stereocenters. The van der Waals surface area contributed by atoms with Crippen molar-refractivity contribution in [3.8, 4) is 5.88 Å². The molecule has 0 bridgehead atoms. The van der Waals surface area contributed by atoms with Gasteiger partial charge in [0.05, 0.1) is 18.4 Å². The molecule has 0 saturated carbocycles. The summed E-state index contributed by atoms with van der Waals surface area (Å²) in [5, 5.41) is 17.0. The molecule has 2 heterocycles. The highest BCUT2D eigenvalue weighted by atomic mass is 35.5. The molecule has 0 saturated heterocycles. The maximum absolute atomic E-state index is 13.9. The van der Waals surface area contributed by atoms with E-state index in [4.69, 9.17) is 21.3 Å². The highest BCUT2D eigenvalue weighted by Gasteiger charge is 2.43. The number of aromatic nitrogens is 3. The Kier molecular flexibility index (Phi) is 9.44. The number of hydrogen-bond acceptors (Lipinski definition) is 7. The second-order valence-corrected chi connectivity index (χ2v) is 11.8. The van der Waals surface area contributed by atoms with Crippen LogP contribution in [0.5, 0.6) is 5.88 Å². The average molecular weight is 608 g/mol. The van der Waals surface area contributed by atoms with Crippen LogP contribution in [0.3, 0.4) is 0 Å². The summed E-state index contributed by atoms with van der Waals surface area (Å²) >= 11 is 6.60. The van der Waals surface area contributed by atoms with Crippen molar-refractivity contribution in [2.45, 2.75) is 44.9 Å². The van der Waals surface area contributed by atoms with Gasteiger partial charge in [0.15, 0.2) is 0 Å². The van der Waals surface area contributed by atoms with E-state index < -0.39 is 34.2 Å². The minimum Gasteiger partial charge on any atom is -0.481 e. The first kappa shape index (κ1) is 31.9. The lowest BCUT2D eigenvalue weighted by molar-refractivity contribution is 0.0711. The van der Waals surface area contributed by atoms with Crippen molar-refractivity contribution in [2.24, 2.45) is 20.0 Å². The van der Waals surface area contributed by atoms with Gasteiger partial charge in [-0.1, -0.05) is 61.0 Å². The summed E-state index contributed by atoms with van der Waals surface area (Å²) in [5.41, 5.74) is -0.486. The molecular weight excluding hydrogens is 570 g/mol. The van der Waals surface area contributed by atoms with E-state index in [0.29, 0.717) is 36.1 Å². The summed E-state index contributed by atoms with van der Waals surface area (Å²) in [4.78, 5) is 44.0. The smallest absolute Gasteiger partial charge is 0.330 e. The number of amides is 1. The van der Waals surface area contributed by atoms with Crippen LogP contribution in [0, 0.1) is 5.92 Å². The predicted molar refractivity (Wildman–Crippen MR) is 167 cm³/mol. The van der Waals surface area contributed by atoms with Crippen LogP contribution >= 0.6 is 11.6 Å². The first-order valence-electron chi connectivity index (χ1n) is 14.0. The number of halogens is 1. The molecule has 1 aliphatic rings. The number of nitrogens with one attached hydrogen (secondary N) is 2. The molecule has 0 fully saturated rings. The maximum atomic E-state index is 13.9. The Labute approximate surface area is 255 Å². The molecule has 0 aliphatic heterocycles. The molecule has 0 radical (unpaired) electrons. The van der Waals surface area contributed by atoms with E-state index in [1.54, 1.807) is 19.9 Å². The van der Waals surface area contributed by atoms with Crippen molar-refractivity contribution in [1.29, 1.82) is 0 Å². The van der Waals surface area contributed by atoms with Crippen molar-refractivity contribution < 1.29 is 14.6 Å². The fourth-order valence-electron chi connectivity index (χ4n) is 5.22. The third-order valence-corrected chi connectivity index (χ3v) is 8.10. The summed E-state index contributed by atoms with van der Waals surface area (Å²) < 4.78 is 7.77.